The van der Waals surface area contributed by atoms with E-state index in [1.165, 1.54) is 20.9 Å². The summed E-state index contributed by atoms with van der Waals surface area (Å²) in [6.45, 7) is 4.31. The zero-order valence-electron chi connectivity index (χ0n) is 10.6. The zero-order chi connectivity index (χ0) is 13.3. The van der Waals surface area contributed by atoms with Gasteiger partial charge in [0, 0.05) is 14.2 Å². The van der Waals surface area contributed by atoms with Gasteiger partial charge in [0.2, 0.25) is 0 Å². The largest absolute Gasteiger partial charge is 0.309 e. The zero-order valence-corrected chi connectivity index (χ0v) is 13.7. The second kappa shape index (κ2) is 5.74. The lowest BCUT2D eigenvalue weighted by molar-refractivity contribution is 0.690. The Morgan fingerprint density at radius 3 is 2.50 bits per heavy atom. The molecule has 0 bridgehead atoms. The number of nitrogens with one attached hydrogen (secondary N) is 1. The first-order valence-electron chi connectivity index (χ1n) is 5.72. The molecule has 1 aromatic heterocycles. The molecule has 0 aliphatic rings. The van der Waals surface area contributed by atoms with E-state index in [0.29, 0.717) is 0 Å². The first-order chi connectivity index (χ1) is 8.52. The van der Waals surface area contributed by atoms with Crippen LogP contribution in [0.3, 0.4) is 0 Å². The summed E-state index contributed by atoms with van der Waals surface area (Å²) in [6, 6.07) is 8.55. The van der Waals surface area contributed by atoms with Gasteiger partial charge in [-0.05, 0) is 66.2 Å². The lowest BCUT2D eigenvalue weighted by Gasteiger charge is -2.17. The minimum atomic E-state index is 0.212. The number of hydrogen-bond acceptors (Lipinski definition) is 2. The molecule has 0 aliphatic heterocycles. The molecular formula is C14H15BrClNS. The molecule has 0 saturated carbocycles. The van der Waals surface area contributed by atoms with Gasteiger partial charge in [-0.1, -0.05) is 17.7 Å². The maximum atomic E-state index is 6.04. The average molecular weight is 345 g/mol. The third kappa shape index (κ3) is 2.80. The Bertz CT molecular complexity index is 565. The van der Waals surface area contributed by atoms with Gasteiger partial charge in [0.1, 0.15) is 0 Å². The second-order valence-electron chi connectivity index (χ2n) is 4.26. The summed E-state index contributed by atoms with van der Waals surface area (Å²) in [5, 5.41) is 4.12. The van der Waals surface area contributed by atoms with E-state index in [1.807, 2.05) is 24.5 Å². The number of thiophene rings is 1. The van der Waals surface area contributed by atoms with Gasteiger partial charge in [-0.2, -0.15) is 0 Å². The van der Waals surface area contributed by atoms with E-state index >= 15 is 0 Å². The molecule has 2 aromatic rings. The fourth-order valence-corrected chi connectivity index (χ4v) is 3.61. The van der Waals surface area contributed by atoms with E-state index < -0.39 is 0 Å². The first-order valence-corrected chi connectivity index (χ1v) is 7.71. The Kier molecular flexibility index (Phi) is 4.49. The van der Waals surface area contributed by atoms with Crippen LogP contribution in [-0.4, -0.2) is 7.05 Å². The van der Waals surface area contributed by atoms with Crippen LogP contribution in [-0.2, 0) is 0 Å². The summed E-state index contributed by atoms with van der Waals surface area (Å²) >= 11 is 11.4. The molecule has 0 amide bonds. The highest BCUT2D eigenvalue weighted by molar-refractivity contribution is 9.10. The van der Waals surface area contributed by atoms with Crippen LogP contribution in [0.5, 0.6) is 0 Å². The minimum Gasteiger partial charge on any atom is -0.309 e. The van der Waals surface area contributed by atoms with Crippen molar-refractivity contribution in [2.24, 2.45) is 0 Å². The molecule has 1 N–H and O–H groups in total. The predicted molar refractivity (Wildman–Crippen MR) is 83.8 cm³/mol. The van der Waals surface area contributed by atoms with E-state index in [9.17, 15) is 0 Å². The standard InChI is InChI=1S/C14H15BrClNS/c1-8-6-11(9(2)18-8)14(17-3)10-4-5-13(16)12(15)7-10/h4-7,14,17H,1-3H3. The van der Waals surface area contributed by atoms with Crippen LogP contribution >= 0.6 is 38.9 Å². The van der Waals surface area contributed by atoms with Crippen molar-refractivity contribution in [2.45, 2.75) is 19.9 Å². The molecule has 1 aromatic carbocycles. The quantitative estimate of drug-likeness (QED) is 0.818. The fourth-order valence-electron chi connectivity index (χ4n) is 2.13. The molecule has 2 rings (SSSR count). The Labute approximate surface area is 125 Å². The molecule has 96 valence electrons. The Hall–Kier alpha value is -0.350. The van der Waals surface area contributed by atoms with Crippen molar-refractivity contribution in [3.63, 3.8) is 0 Å². The van der Waals surface area contributed by atoms with Gasteiger partial charge in [0.05, 0.1) is 11.1 Å². The Balaban J connectivity index is 2.45. The molecule has 1 heterocycles. The topological polar surface area (TPSA) is 12.0 Å². The van der Waals surface area contributed by atoms with Crippen LogP contribution in [0.2, 0.25) is 5.02 Å². The van der Waals surface area contributed by atoms with Gasteiger partial charge in [-0.25, -0.2) is 0 Å². The van der Waals surface area contributed by atoms with Gasteiger partial charge in [-0.15, -0.1) is 11.3 Å². The van der Waals surface area contributed by atoms with Crippen molar-refractivity contribution in [1.29, 1.82) is 0 Å². The highest BCUT2D eigenvalue weighted by Crippen LogP contribution is 2.33. The van der Waals surface area contributed by atoms with Crippen molar-refractivity contribution in [2.75, 3.05) is 7.05 Å². The summed E-state index contributed by atoms with van der Waals surface area (Å²) < 4.78 is 0.937. The van der Waals surface area contributed by atoms with Crippen LogP contribution in [0.4, 0.5) is 0 Å². The van der Waals surface area contributed by atoms with Crippen molar-refractivity contribution >= 4 is 38.9 Å². The lowest BCUT2D eigenvalue weighted by Crippen LogP contribution is -2.17. The van der Waals surface area contributed by atoms with Crippen LogP contribution in [0.15, 0.2) is 28.7 Å². The number of hydrogen-bond donors (Lipinski definition) is 1. The normalized spacial score (nSPS) is 12.7. The SMILES string of the molecule is CNC(c1ccc(Cl)c(Br)c1)c1cc(C)sc1C. The van der Waals surface area contributed by atoms with Gasteiger partial charge in [0.25, 0.3) is 0 Å². The summed E-state index contributed by atoms with van der Waals surface area (Å²) in [5.41, 5.74) is 2.56. The molecule has 18 heavy (non-hydrogen) atoms. The average Bonchev–Trinajstić information content (AvgIpc) is 2.64. The monoisotopic (exact) mass is 343 g/mol. The van der Waals surface area contributed by atoms with Crippen molar-refractivity contribution in [1.82, 2.24) is 5.32 Å². The summed E-state index contributed by atoms with van der Waals surface area (Å²) in [6.07, 6.45) is 0. The van der Waals surface area contributed by atoms with Crippen LogP contribution in [0.1, 0.15) is 26.9 Å². The minimum absolute atomic E-state index is 0.212. The lowest BCUT2D eigenvalue weighted by atomic mass is 9.99. The molecule has 0 aliphatic carbocycles. The molecule has 1 atom stereocenters. The van der Waals surface area contributed by atoms with E-state index in [-0.39, 0.29) is 6.04 Å². The molecule has 0 fully saturated rings. The highest BCUT2D eigenvalue weighted by Gasteiger charge is 2.17. The maximum absolute atomic E-state index is 6.04. The van der Waals surface area contributed by atoms with Gasteiger partial charge in [-0.3, -0.25) is 0 Å². The van der Waals surface area contributed by atoms with E-state index in [2.05, 4.69) is 53.3 Å². The second-order valence-corrected chi connectivity index (χ2v) is 6.99. The fraction of sp³-hybridized carbons (Fsp3) is 0.286. The summed E-state index contributed by atoms with van der Waals surface area (Å²) in [7, 11) is 1.99. The predicted octanol–water partition coefficient (Wildman–Crippen LogP) is 5.09. The molecule has 4 heteroatoms. The molecular weight excluding hydrogens is 330 g/mol. The Morgan fingerprint density at radius 2 is 2.00 bits per heavy atom. The number of rotatable bonds is 3. The Morgan fingerprint density at radius 1 is 1.28 bits per heavy atom. The van der Waals surface area contributed by atoms with Crippen LogP contribution < -0.4 is 5.32 Å². The van der Waals surface area contributed by atoms with Crippen LogP contribution in [0, 0.1) is 13.8 Å². The van der Waals surface area contributed by atoms with Gasteiger partial charge >= 0.3 is 0 Å². The van der Waals surface area contributed by atoms with Crippen molar-refractivity contribution < 1.29 is 0 Å². The van der Waals surface area contributed by atoms with Crippen LogP contribution in [0.25, 0.3) is 0 Å². The summed E-state index contributed by atoms with van der Waals surface area (Å²) in [4.78, 5) is 2.70. The van der Waals surface area contributed by atoms with Crippen molar-refractivity contribution in [3.05, 3.63) is 54.6 Å². The van der Waals surface area contributed by atoms with E-state index in [1.54, 1.807) is 0 Å². The van der Waals surface area contributed by atoms with Gasteiger partial charge < -0.3 is 5.32 Å². The highest BCUT2D eigenvalue weighted by atomic mass is 79.9. The molecule has 1 nitrogen and oxygen atoms in total. The third-order valence-electron chi connectivity index (χ3n) is 2.96. The molecule has 0 radical (unpaired) electrons. The number of benzene rings is 1. The maximum Gasteiger partial charge on any atom is 0.0585 e. The number of halogens is 2. The first kappa shape index (κ1) is 14.1. The summed E-state index contributed by atoms with van der Waals surface area (Å²) in [5.74, 6) is 0. The van der Waals surface area contributed by atoms with Crippen molar-refractivity contribution in [3.8, 4) is 0 Å². The van der Waals surface area contributed by atoms with E-state index in [4.69, 9.17) is 11.6 Å². The smallest absolute Gasteiger partial charge is 0.0585 e. The van der Waals surface area contributed by atoms with E-state index in [0.717, 1.165) is 9.50 Å². The third-order valence-corrected chi connectivity index (χ3v) is 5.15. The number of aryl methyl sites for hydroxylation is 2. The van der Waals surface area contributed by atoms with Gasteiger partial charge in [0.15, 0.2) is 0 Å². The molecule has 0 saturated heterocycles. The molecule has 1 unspecified atom stereocenters. The molecule has 0 spiro atoms.